The monoisotopic (exact) mass is 292 g/mol. The van der Waals surface area contributed by atoms with E-state index in [0.717, 1.165) is 18.2 Å². The molecule has 0 saturated carbocycles. The van der Waals surface area contributed by atoms with Crippen LogP contribution in [0.2, 0.25) is 0 Å². The van der Waals surface area contributed by atoms with Crippen LogP contribution in [-0.4, -0.2) is 30.8 Å². The van der Waals surface area contributed by atoms with Crippen LogP contribution in [-0.2, 0) is 12.7 Å². The molecule has 2 unspecified atom stereocenters. The van der Waals surface area contributed by atoms with Gasteiger partial charge in [-0.1, -0.05) is 0 Å². The van der Waals surface area contributed by atoms with E-state index in [1.165, 1.54) is 0 Å². The summed E-state index contributed by atoms with van der Waals surface area (Å²) in [5, 5.41) is 15.5. The van der Waals surface area contributed by atoms with Gasteiger partial charge in [0.25, 0.3) is 0 Å². The van der Waals surface area contributed by atoms with Crippen LogP contribution in [0.4, 0.5) is 17.6 Å². The Hall–Kier alpha value is -1.18. The molecule has 7 heteroatoms. The summed E-state index contributed by atoms with van der Waals surface area (Å²) >= 11 is 0. The van der Waals surface area contributed by atoms with E-state index in [0.29, 0.717) is 19.6 Å². The van der Waals surface area contributed by atoms with E-state index in [9.17, 15) is 22.7 Å². The zero-order chi connectivity index (χ0) is 14.8. The van der Waals surface area contributed by atoms with Crippen molar-refractivity contribution in [3.05, 3.63) is 35.1 Å². The molecule has 1 aromatic rings. The summed E-state index contributed by atoms with van der Waals surface area (Å²) in [4.78, 5) is 0. The molecule has 0 radical (unpaired) electrons. The van der Waals surface area contributed by atoms with E-state index < -0.39 is 23.7 Å². The Morgan fingerprint density at radius 3 is 2.65 bits per heavy atom. The molecular formula is C13H16F4N2O. The van der Waals surface area contributed by atoms with Gasteiger partial charge >= 0.3 is 6.18 Å². The second-order valence-corrected chi connectivity index (χ2v) is 4.92. The molecule has 3 N–H and O–H groups in total. The van der Waals surface area contributed by atoms with E-state index in [2.05, 4.69) is 10.6 Å². The Balaban J connectivity index is 1.95. The van der Waals surface area contributed by atoms with Crippen LogP contribution in [0.1, 0.15) is 11.1 Å². The number of rotatable bonds is 4. The lowest BCUT2D eigenvalue weighted by atomic mass is 10.1. The summed E-state index contributed by atoms with van der Waals surface area (Å²) in [7, 11) is 0. The van der Waals surface area contributed by atoms with Gasteiger partial charge in [-0.2, -0.15) is 13.2 Å². The number of hydrogen-bond donors (Lipinski definition) is 3. The van der Waals surface area contributed by atoms with Crippen molar-refractivity contribution in [2.45, 2.75) is 18.8 Å². The average molecular weight is 292 g/mol. The van der Waals surface area contributed by atoms with E-state index in [1.54, 1.807) is 0 Å². The molecule has 0 amide bonds. The molecule has 1 fully saturated rings. The Labute approximate surface area is 114 Å². The third-order valence-electron chi connectivity index (χ3n) is 3.40. The molecule has 3 nitrogen and oxygen atoms in total. The van der Waals surface area contributed by atoms with Crippen molar-refractivity contribution in [3.63, 3.8) is 0 Å². The fourth-order valence-electron chi connectivity index (χ4n) is 2.21. The lowest BCUT2D eigenvalue weighted by Gasteiger charge is -2.15. The summed E-state index contributed by atoms with van der Waals surface area (Å²) in [6, 6.07) is 2.36. The minimum absolute atomic E-state index is 0.00102. The Morgan fingerprint density at radius 1 is 1.30 bits per heavy atom. The van der Waals surface area contributed by atoms with Crippen molar-refractivity contribution >= 4 is 0 Å². The molecule has 20 heavy (non-hydrogen) atoms. The number of nitrogens with one attached hydrogen (secondary N) is 2. The van der Waals surface area contributed by atoms with Crippen LogP contribution in [0, 0.1) is 11.7 Å². The second kappa shape index (κ2) is 6.07. The third kappa shape index (κ3) is 3.68. The number of aliphatic hydroxyl groups excluding tert-OH is 1. The molecule has 0 aliphatic carbocycles. The number of hydrogen-bond acceptors (Lipinski definition) is 3. The van der Waals surface area contributed by atoms with E-state index in [-0.39, 0.29) is 18.0 Å². The van der Waals surface area contributed by atoms with Gasteiger partial charge in [0.15, 0.2) is 0 Å². The molecule has 0 spiro atoms. The van der Waals surface area contributed by atoms with Crippen LogP contribution >= 0.6 is 0 Å². The van der Waals surface area contributed by atoms with Gasteiger partial charge in [-0.3, -0.25) is 0 Å². The Morgan fingerprint density at radius 2 is 2.05 bits per heavy atom. The van der Waals surface area contributed by atoms with Gasteiger partial charge in [0, 0.05) is 37.7 Å². The maximum absolute atomic E-state index is 13.5. The van der Waals surface area contributed by atoms with E-state index in [4.69, 9.17) is 0 Å². The van der Waals surface area contributed by atoms with E-state index >= 15 is 0 Å². The summed E-state index contributed by atoms with van der Waals surface area (Å²) in [5.41, 5.74) is -0.890. The van der Waals surface area contributed by atoms with Gasteiger partial charge in [-0.25, -0.2) is 4.39 Å². The quantitative estimate of drug-likeness (QED) is 0.737. The van der Waals surface area contributed by atoms with Crippen molar-refractivity contribution in [2.24, 2.45) is 5.92 Å². The highest BCUT2D eigenvalue weighted by Crippen LogP contribution is 2.30. The number of aliphatic hydroxyl groups is 1. The lowest BCUT2D eigenvalue weighted by Crippen LogP contribution is -2.30. The molecule has 0 bridgehead atoms. The normalized spacial score (nSPS) is 23.2. The summed E-state index contributed by atoms with van der Waals surface area (Å²) < 4.78 is 51.1. The molecule has 1 aliphatic rings. The Bertz CT molecular complexity index is 464. The largest absolute Gasteiger partial charge is 0.416 e. The number of halogens is 4. The predicted octanol–water partition coefficient (Wildman–Crippen LogP) is 1.51. The minimum atomic E-state index is -4.48. The smallest absolute Gasteiger partial charge is 0.391 e. The van der Waals surface area contributed by atoms with Crippen molar-refractivity contribution in [2.75, 3.05) is 19.6 Å². The van der Waals surface area contributed by atoms with Crippen molar-refractivity contribution in [1.82, 2.24) is 10.6 Å². The molecule has 1 aromatic carbocycles. The molecule has 112 valence electrons. The van der Waals surface area contributed by atoms with Crippen LogP contribution in [0.25, 0.3) is 0 Å². The standard InChI is InChI=1S/C13H16F4N2O/c14-11-2-1-10(13(15,16)17)3-8(11)4-18-5-9-6-19-7-12(9)20/h1-3,9,12,18-20H,4-7H2. The van der Waals surface area contributed by atoms with Crippen LogP contribution in [0.3, 0.4) is 0 Å². The van der Waals surface area contributed by atoms with Gasteiger partial charge in [-0.15, -0.1) is 0 Å². The summed E-state index contributed by atoms with van der Waals surface area (Å²) in [6.07, 6.45) is -4.96. The van der Waals surface area contributed by atoms with E-state index in [1.807, 2.05) is 0 Å². The molecule has 1 saturated heterocycles. The van der Waals surface area contributed by atoms with Crippen LogP contribution in [0.5, 0.6) is 0 Å². The highest BCUT2D eigenvalue weighted by molar-refractivity contribution is 5.27. The first-order valence-electron chi connectivity index (χ1n) is 6.33. The number of β-amino-alcohol motifs (C(OH)–C–C–N with tert-alkyl or cyclic N) is 1. The summed E-state index contributed by atoms with van der Waals surface area (Å²) in [5.74, 6) is -0.681. The Kier molecular flexibility index (Phi) is 4.62. The van der Waals surface area contributed by atoms with Crippen LogP contribution in [0.15, 0.2) is 18.2 Å². The maximum atomic E-state index is 13.5. The zero-order valence-corrected chi connectivity index (χ0v) is 10.7. The van der Waals surface area contributed by atoms with Gasteiger partial charge in [0.05, 0.1) is 11.7 Å². The van der Waals surface area contributed by atoms with Gasteiger partial charge < -0.3 is 15.7 Å². The van der Waals surface area contributed by atoms with Crippen LogP contribution < -0.4 is 10.6 Å². The number of alkyl halides is 3. The van der Waals surface area contributed by atoms with Gasteiger partial charge in [0.1, 0.15) is 5.82 Å². The average Bonchev–Trinajstić information content (AvgIpc) is 2.76. The highest BCUT2D eigenvalue weighted by atomic mass is 19.4. The minimum Gasteiger partial charge on any atom is -0.391 e. The molecule has 1 aliphatic heterocycles. The molecule has 2 atom stereocenters. The molecule has 2 rings (SSSR count). The summed E-state index contributed by atoms with van der Waals surface area (Å²) in [6.45, 7) is 1.56. The lowest BCUT2D eigenvalue weighted by molar-refractivity contribution is -0.137. The first-order valence-corrected chi connectivity index (χ1v) is 6.33. The first kappa shape index (κ1) is 15.2. The highest BCUT2D eigenvalue weighted by Gasteiger charge is 2.31. The molecule has 1 heterocycles. The van der Waals surface area contributed by atoms with Gasteiger partial charge in [-0.05, 0) is 18.2 Å². The SMILES string of the molecule is OC1CNCC1CNCc1cc(C(F)(F)F)ccc1F. The molecular weight excluding hydrogens is 276 g/mol. The third-order valence-corrected chi connectivity index (χ3v) is 3.40. The maximum Gasteiger partial charge on any atom is 0.416 e. The van der Waals surface area contributed by atoms with Crippen molar-refractivity contribution < 1.29 is 22.7 Å². The number of benzene rings is 1. The molecule has 0 aromatic heterocycles. The predicted molar refractivity (Wildman–Crippen MR) is 65.5 cm³/mol. The fourth-order valence-corrected chi connectivity index (χ4v) is 2.21. The fraction of sp³-hybridized carbons (Fsp3) is 0.538. The first-order chi connectivity index (χ1) is 9.38. The van der Waals surface area contributed by atoms with Crippen molar-refractivity contribution in [1.29, 1.82) is 0 Å². The zero-order valence-electron chi connectivity index (χ0n) is 10.7. The van der Waals surface area contributed by atoms with Crippen molar-refractivity contribution in [3.8, 4) is 0 Å². The van der Waals surface area contributed by atoms with Gasteiger partial charge in [0.2, 0.25) is 0 Å². The topological polar surface area (TPSA) is 44.3 Å². The second-order valence-electron chi connectivity index (χ2n) is 4.92.